The molecule has 0 amide bonds. The van der Waals surface area contributed by atoms with Gasteiger partial charge in [-0.25, -0.2) is 24.9 Å². The molecule has 27 heteroatoms. The maximum absolute atomic E-state index is 7.53. The zero-order valence-electron chi connectivity index (χ0n) is 43.1. The lowest BCUT2D eigenvalue weighted by atomic mass is 9.45. The zero-order valence-corrected chi connectivity index (χ0v) is 43.1. The molecule has 3 aromatic heterocycles. The number of hydrogen-bond donors (Lipinski definition) is 0. The molecule has 7 nitrogen and oxygen atoms in total. The summed E-state index contributed by atoms with van der Waals surface area (Å²) in [7, 11) is 130. The number of nitrogens with zero attached hydrogens (tertiary/aromatic N) is 5. The third-order valence-electron chi connectivity index (χ3n) is 15.5. The van der Waals surface area contributed by atoms with E-state index in [-0.39, 0.29) is 188 Å². The molecule has 13 rings (SSSR count). The van der Waals surface area contributed by atoms with Gasteiger partial charge in [0.15, 0.2) is 23.3 Å². The molecule has 11 aromatic rings. The Balaban J connectivity index is 1.21. The molecule has 9 bridgehead atoms. The molecule has 0 saturated heterocycles. The second-order valence-corrected chi connectivity index (χ2v) is 19.9. The summed E-state index contributed by atoms with van der Waals surface area (Å²) < 4.78 is 14.2. The predicted octanol–water partition coefficient (Wildman–Crippen LogP) is -11.2. The van der Waals surface area contributed by atoms with Crippen LogP contribution < -0.4 is 119 Å². The van der Waals surface area contributed by atoms with Crippen LogP contribution in [0.5, 0.6) is 5.75 Å². The summed E-state index contributed by atoms with van der Waals surface area (Å²) in [6.07, 6.45) is 0. The second-order valence-electron chi connectivity index (χ2n) is 19.9. The maximum Gasteiger partial charge on any atom is 0.429 e. The van der Waals surface area contributed by atoms with Crippen molar-refractivity contribution in [3.8, 4) is 96.1 Å². The van der Waals surface area contributed by atoms with Gasteiger partial charge in [-0.3, -0.25) is 0 Å². The van der Waals surface area contributed by atoms with Crippen molar-refractivity contribution in [2.24, 2.45) is 0 Å². The van der Waals surface area contributed by atoms with Gasteiger partial charge in [-0.15, -0.1) is 38.2 Å². The van der Waals surface area contributed by atoms with Gasteiger partial charge in [-0.2, -0.15) is 0 Å². The average Bonchev–Trinajstić information content (AvgIpc) is 4.07. The maximum atomic E-state index is 7.53. The van der Waals surface area contributed by atoms with Crippen LogP contribution in [0.1, 0.15) is 0 Å². The van der Waals surface area contributed by atoms with E-state index in [2.05, 4.69) is 0 Å². The van der Waals surface area contributed by atoms with E-state index in [1.54, 1.807) is 6.07 Å². The van der Waals surface area contributed by atoms with E-state index >= 15 is 0 Å². The van der Waals surface area contributed by atoms with E-state index in [0.717, 1.165) is 5.56 Å². The van der Waals surface area contributed by atoms with Crippen LogP contribution in [0, 0.1) is 0 Å². The van der Waals surface area contributed by atoms with Crippen LogP contribution in [0.4, 0.5) is 0 Å². The second kappa shape index (κ2) is 19.4. The van der Waals surface area contributed by atoms with Crippen LogP contribution in [0.2, 0.25) is 0 Å². The van der Waals surface area contributed by atoms with Crippen LogP contribution >= 0.6 is 0 Å². The van der Waals surface area contributed by atoms with E-state index in [4.69, 9.17) is 183 Å². The normalized spacial score (nSPS) is 12.2. The van der Waals surface area contributed by atoms with Gasteiger partial charge in [0.05, 0.1) is 17.0 Å². The Morgan fingerprint density at radius 1 is 0.293 bits per heavy atom. The molecule has 0 unspecified atom stereocenters. The number of aromatic nitrogens is 5. The van der Waals surface area contributed by atoms with Crippen LogP contribution in [-0.2, 0) is 0 Å². The van der Waals surface area contributed by atoms with E-state index in [0.29, 0.717) is 39.4 Å². The first-order valence-corrected chi connectivity index (χ1v) is 25.0. The Morgan fingerprint density at radius 2 is 0.695 bits per heavy atom. The van der Waals surface area contributed by atoms with Gasteiger partial charge >= 0.3 is 6.92 Å². The summed E-state index contributed by atoms with van der Waals surface area (Å²) in [5.41, 5.74) is 2.04. The van der Waals surface area contributed by atoms with E-state index in [1.165, 1.54) is 0 Å². The molecule has 0 aliphatic carbocycles. The third kappa shape index (κ3) is 7.62. The van der Waals surface area contributed by atoms with Gasteiger partial charge in [0.25, 0.3) is 0 Å². The highest BCUT2D eigenvalue weighted by molar-refractivity contribution is 6.90. The first kappa shape index (κ1) is 54.0. The fourth-order valence-electron chi connectivity index (χ4n) is 11.2. The fourth-order valence-corrected chi connectivity index (χ4v) is 11.2. The molecule has 8 aromatic carbocycles. The van der Waals surface area contributed by atoms with Crippen molar-refractivity contribution in [1.29, 1.82) is 0 Å². The predicted molar refractivity (Wildman–Crippen MR) is 354 cm³/mol. The largest absolute Gasteiger partial charge is 0.551 e. The lowest BCUT2D eigenvalue weighted by Crippen LogP contribution is -2.67. The standard InChI is InChI=1S/C55H13B20N5O2/c56-27-19-16-11-12-17-18(13-16)82-75(47-48(14-7-3-1-4-8-14)76-52(77-49(17)47)15-9-5-2-6-10-15)46-38(67)25(36(65)43(72)45(46)74)54-78-53(24-34(63)28(57)20(29(58)35(24)64)21-30(59)41(70)44(73)42(71)31(21)60)79-55(80-54)26-37(66)40(69)33(62)23-22(32(61)39(27)68)50(19)81-51(23)26/h1-13H. The molecule has 0 N–H and O–H groups in total. The van der Waals surface area contributed by atoms with Gasteiger partial charge in [0.1, 0.15) is 166 Å². The van der Waals surface area contributed by atoms with Gasteiger partial charge < -0.3 is 9.07 Å². The topological polar surface area (TPSA) is 86.8 Å². The molecule has 2 aliphatic rings. The summed E-state index contributed by atoms with van der Waals surface area (Å²) in [6, 6.07) is 24.4. The van der Waals surface area contributed by atoms with Crippen LogP contribution in [-0.4, -0.2) is 181 Å². The van der Waals surface area contributed by atoms with Gasteiger partial charge in [0.2, 0.25) is 0 Å². The van der Waals surface area contributed by atoms with E-state index in [9.17, 15) is 0 Å². The monoisotopic (exact) mass is 995 g/mol. The Bertz CT molecular complexity index is 4680. The van der Waals surface area contributed by atoms with E-state index < -0.39 is 6.92 Å². The first-order chi connectivity index (χ1) is 39.1. The van der Waals surface area contributed by atoms with Crippen molar-refractivity contribution < 1.29 is 9.07 Å². The van der Waals surface area contributed by atoms with Gasteiger partial charge in [0, 0.05) is 44.1 Å². The number of hydrogen-bond acceptors (Lipinski definition) is 7. The van der Waals surface area contributed by atoms with Crippen molar-refractivity contribution in [2.45, 2.75) is 0 Å². The van der Waals surface area contributed by atoms with Crippen LogP contribution in [0.25, 0.3) is 112 Å². The number of benzene rings is 8. The molecule has 5 heterocycles. The Labute approximate surface area is 498 Å². The minimum atomic E-state index is -1.27. The highest BCUT2D eigenvalue weighted by atomic mass is 16.4. The molecule has 0 fully saturated rings. The number of rotatable bonds is 4. The van der Waals surface area contributed by atoms with Crippen molar-refractivity contribution in [1.82, 2.24) is 24.9 Å². The fraction of sp³-hybridized carbons (Fsp3) is 0. The number of fused-ring (bicyclic) bond motifs is 14. The zero-order chi connectivity index (χ0) is 58.0. The molecule has 82 heavy (non-hydrogen) atoms. The summed E-state index contributed by atoms with van der Waals surface area (Å²) in [4.78, 5) is 25.5. The molecular weight excluding hydrogens is 979 g/mol. The van der Waals surface area contributed by atoms with Crippen molar-refractivity contribution in [3.05, 3.63) is 78.9 Å². The lowest BCUT2D eigenvalue weighted by molar-refractivity contribution is 0.590. The molecule has 0 spiro atoms. The average molecular weight is 992 g/mol. The molecule has 0 saturated carbocycles. The van der Waals surface area contributed by atoms with E-state index in [1.807, 2.05) is 72.8 Å². The first-order valence-electron chi connectivity index (χ1n) is 25.0. The third-order valence-corrected chi connectivity index (χ3v) is 15.5. The lowest BCUT2D eigenvalue weighted by Gasteiger charge is -2.32. The Kier molecular flexibility index (Phi) is 12.8. The SMILES string of the molecule is [B]c1c([B])c([B])c(-c2c([B])c([B])c(-c3nc4nc(n3)-c3c([B])c([B])c([B])c5c3oc3c(c([B])c([B])c([B])c35)-c3ccc5c(c3)OB(c3c(-c6ccccc6)nc(-c6ccccc6)nc3-5)c3c([B])c([B])c([B])c-4c3[B])c([B])c2[B])c([B])c1[B]. The molecule has 2 aliphatic heterocycles. The smallest absolute Gasteiger partial charge is 0.429 e. The summed E-state index contributed by atoms with van der Waals surface area (Å²) in [5, 5.41) is 0.396. The van der Waals surface area contributed by atoms with Crippen molar-refractivity contribution in [3.63, 3.8) is 0 Å². The highest BCUT2D eigenvalue weighted by Gasteiger charge is 2.41. The Morgan fingerprint density at radius 3 is 1.26 bits per heavy atom. The highest BCUT2D eigenvalue weighted by Crippen LogP contribution is 2.42. The molecule has 330 valence electrons. The summed E-state index contributed by atoms with van der Waals surface area (Å²) >= 11 is 0. The minimum absolute atomic E-state index is 0.00115. The summed E-state index contributed by atoms with van der Waals surface area (Å²) in [6.45, 7) is -1.27. The molecular formula is C55H13B20N5O2. The van der Waals surface area contributed by atoms with Crippen LogP contribution in [0.3, 0.4) is 0 Å². The summed E-state index contributed by atoms with van der Waals surface area (Å²) in [5.74, 6) is -0.108. The molecule has 38 radical (unpaired) electrons. The van der Waals surface area contributed by atoms with Crippen molar-refractivity contribution >= 4 is 293 Å². The quantitative estimate of drug-likeness (QED) is 0.162. The van der Waals surface area contributed by atoms with Crippen molar-refractivity contribution in [2.75, 3.05) is 0 Å². The minimum Gasteiger partial charge on any atom is -0.551 e. The number of furan rings is 1. The molecule has 0 atom stereocenters. The van der Waals surface area contributed by atoms with Gasteiger partial charge in [-0.1, -0.05) is 132 Å². The van der Waals surface area contributed by atoms with Crippen LogP contribution in [0.15, 0.2) is 83.3 Å². The Hall–Kier alpha value is -7.25. The van der Waals surface area contributed by atoms with Gasteiger partial charge in [-0.05, 0) is 39.8 Å².